The van der Waals surface area contributed by atoms with Gasteiger partial charge in [0.25, 0.3) is 0 Å². The van der Waals surface area contributed by atoms with Crippen molar-refractivity contribution in [2.75, 3.05) is 0 Å². The van der Waals surface area contributed by atoms with Gasteiger partial charge in [-0.25, -0.2) is 0 Å². The molecule has 0 aliphatic carbocycles. The monoisotopic (exact) mass is 146 g/mol. The topological polar surface area (TPSA) is 0 Å². The molecule has 1 aromatic carbocycles. The number of benzene rings is 1. The molecule has 0 atom stereocenters. The molecule has 0 heteroatoms. The first kappa shape index (κ1) is 8.06. The highest BCUT2D eigenvalue weighted by Gasteiger charge is 1.86. The highest BCUT2D eigenvalue weighted by molar-refractivity contribution is 5.33. The van der Waals surface area contributed by atoms with Gasteiger partial charge in [0, 0.05) is 0 Å². The van der Waals surface area contributed by atoms with Gasteiger partial charge in [0.05, 0.1) is 0 Å². The predicted molar refractivity (Wildman–Crippen MR) is 50.7 cm³/mol. The minimum atomic E-state index is 1.33. The summed E-state index contributed by atoms with van der Waals surface area (Å²) in [4.78, 5) is 0. The molecule has 58 valence electrons. The van der Waals surface area contributed by atoms with E-state index in [9.17, 15) is 0 Å². The first-order chi connectivity index (χ1) is 5.29. The molecule has 0 aliphatic heterocycles. The van der Waals surface area contributed by atoms with E-state index in [0.29, 0.717) is 0 Å². The molecule has 0 unspecified atom stereocenters. The Labute approximate surface area is 67.9 Å². The van der Waals surface area contributed by atoms with Gasteiger partial charge >= 0.3 is 0 Å². The maximum Gasteiger partial charge on any atom is -0.0201 e. The van der Waals surface area contributed by atoms with Crippen LogP contribution in [0.25, 0.3) is 12.2 Å². The van der Waals surface area contributed by atoms with Gasteiger partial charge in [0.2, 0.25) is 0 Å². The maximum absolute atomic E-state index is 2.16. The largest absolute Gasteiger partial charge is 0.0798 e. The average molecular weight is 146 g/mol. The summed E-state index contributed by atoms with van der Waals surface area (Å²) in [7, 11) is 0. The molecule has 0 bridgehead atoms. The third-order valence-electron chi connectivity index (χ3n) is 1.96. The molecule has 0 heterocycles. The second kappa shape index (κ2) is 3.38. The van der Waals surface area contributed by atoms with Gasteiger partial charge in [-0.15, -0.1) is 0 Å². The first-order valence-electron chi connectivity index (χ1n) is 3.98. The Bertz CT molecular complexity index is 345. The molecule has 0 nitrogen and oxygen atoms in total. The lowest BCUT2D eigenvalue weighted by atomic mass is 10.1. The van der Waals surface area contributed by atoms with Crippen LogP contribution < -0.4 is 10.4 Å². The Morgan fingerprint density at radius 2 is 1.82 bits per heavy atom. The number of hydrogen-bond acceptors (Lipinski definition) is 0. The Morgan fingerprint density at radius 3 is 2.27 bits per heavy atom. The van der Waals surface area contributed by atoms with E-state index in [0.717, 1.165) is 0 Å². The van der Waals surface area contributed by atoms with E-state index >= 15 is 0 Å². The van der Waals surface area contributed by atoms with Crippen LogP contribution in [0.1, 0.15) is 19.4 Å². The molecule has 1 aromatic rings. The zero-order chi connectivity index (χ0) is 8.27. The predicted octanol–water partition coefficient (Wildman–Crippen LogP) is 1.60. The minimum absolute atomic E-state index is 1.33. The molecule has 0 saturated heterocycles. The van der Waals surface area contributed by atoms with Crippen molar-refractivity contribution in [2.24, 2.45) is 0 Å². The molecule has 0 radical (unpaired) electrons. The van der Waals surface area contributed by atoms with Crippen LogP contribution in [0, 0.1) is 6.92 Å². The lowest BCUT2D eigenvalue weighted by Gasteiger charge is -1.93. The number of aryl methyl sites for hydroxylation is 1. The Kier molecular flexibility index (Phi) is 2.48. The summed E-state index contributed by atoms with van der Waals surface area (Å²) in [5, 5.41) is 2.68. The van der Waals surface area contributed by atoms with Crippen molar-refractivity contribution in [3.05, 3.63) is 34.2 Å². The van der Waals surface area contributed by atoms with Crippen molar-refractivity contribution in [1.82, 2.24) is 0 Å². The molecule has 11 heavy (non-hydrogen) atoms. The summed E-state index contributed by atoms with van der Waals surface area (Å²) in [6.07, 6.45) is 4.30. The fraction of sp³-hybridized carbons (Fsp3) is 0.273. The van der Waals surface area contributed by atoms with Gasteiger partial charge in [-0.1, -0.05) is 30.4 Å². The van der Waals surface area contributed by atoms with Gasteiger partial charge in [-0.3, -0.25) is 0 Å². The third-order valence-corrected chi connectivity index (χ3v) is 1.96. The summed E-state index contributed by atoms with van der Waals surface area (Å²) in [6.45, 7) is 6.29. The summed E-state index contributed by atoms with van der Waals surface area (Å²) in [5.74, 6) is 0. The summed E-state index contributed by atoms with van der Waals surface area (Å²) >= 11 is 0. The molecule has 0 fully saturated rings. The fourth-order valence-electron chi connectivity index (χ4n) is 1.35. The van der Waals surface area contributed by atoms with E-state index in [-0.39, 0.29) is 0 Å². The lowest BCUT2D eigenvalue weighted by Crippen LogP contribution is -2.25. The molecule has 0 spiro atoms. The van der Waals surface area contributed by atoms with Crippen LogP contribution in [0.4, 0.5) is 0 Å². The van der Waals surface area contributed by atoms with Gasteiger partial charge in [0.1, 0.15) is 0 Å². The molecule has 1 rings (SSSR count). The van der Waals surface area contributed by atoms with Crippen molar-refractivity contribution in [1.29, 1.82) is 0 Å². The zero-order valence-corrected chi connectivity index (χ0v) is 7.39. The Balaban J connectivity index is 3.65. The summed E-state index contributed by atoms with van der Waals surface area (Å²) in [5.41, 5.74) is 1.35. The maximum atomic E-state index is 2.16. The normalized spacial score (nSPS) is 14.1. The van der Waals surface area contributed by atoms with Crippen molar-refractivity contribution < 1.29 is 0 Å². The lowest BCUT2D eigenvalue weighted by molar-refractivity contribution is 1.36. The standard InChI is InChI=1S/C11H14/c1-4-10-8-6-7-9(3)11(10)5-2/h4-8H,1-3H3/b10-4-,11-5+. The Hall–Kier alpha value is -1.04. The van der Waals surface area contributed by atoms with E-state index in [1.807, 2.05) is 0 Å². The highest BCUT2D eigenvalue weighted by atomic mass is 13.9. The van der Waals surface area contributed by atoms with Crippen molar-refractivity contribution in [3.63, 3.8) is 0 Å². The van der Waals surface area contributed by atoms with Gasteiger partial charge in [-0.2, -0.15) is 0 Å². The molecule has 0 saturated carbocycles. The number of hydrogen-bond donors (Lipinski definition) is 0. The average Bonchev–Trinajstić information content (AvgIpc) is 2.04. The van der Waals surface area contributed by atoms with E-state index in [1.54, 1.807) is 0 Å². The molecular formula is C11H14. The molecular weight excluding hydrogens is 132 g/mol. The van der Waals surface area contributed by atoms with E-state index in [4.69, 9.17) is 0 Å². The number of rotatable bonds is 0. The Morgan fingerprint density at radius 1 is 1.09 bits per heavy atom. The molecule has 0 amide bonds. The van der Waals surface area contributed by atoms with Crippen LogP contribution in [0.2, 0.25) is 0 Å². The fourth-order valence-corrected chi connectivity index (χ4v) is 1.35. The van der Waals surface area contributed by atoms with Crippen molar-refractivity contribution in [2.45, 2.75) is 20.8 Å². The van der Waals surface area contributed by atoms with Gasteiger partial charge in [0.15, 0.2) is 0 Å². The van der Waals surface area contributed by atoms with Crippen LogP contribution in [0.15, 0.2) is 18.2 Å². The minimum Gasteiger partial charge on any atom is -0.0798 e. The molecule has 0 aliphatic rings. The van der Waals surface area contributed by atoms with Crippen molar-refractivity contribution >= 4 is 12.2 Å². The van der Waals surface area contributed by atoms with E-state index in [1.165, 1.54) is 16.0 Å². The van der Waals surface area contributed by atoms with Crippen LogP contribution >= 0.6 is 0 Å². The van der Waals surface area contributed by atoms with E-state index in [2.05, 4.69) is 51.1 Å². The second-order valence-corrected chi connectivity index (χ2v) is 2.66. The smallest absolute Gasteiger partial charge is 0.0201 e. The highest BCUT2D eigenvalue weighted by Crippen LogP contribution is 1.83. The summed E-state index contributed by atoms with van der Waals surface area (Å²) < 4.78 is 0. The van der Waals surface area contributed by atoms with Crippen LogP contribution in [0.3, 0.4) is 0 Å². The van der Waals surface area contributed by atoms with Gasteiger partial charge < -0.3 is 0 Å². The SMILES string of the molecule is C/C=c1/cccc(C)/c1=C\C. The first-order valence-corrected chi connectivity index (χ1v) is 3.98. The van der Waals surface area contributed by atoms with Gasteiger partial charge in [-0.05, 0) is 36.8 Å². The van der Waals surface area contributed by atoms with Crippen LogP contribution in [-0.2, 0) is 0 Å². The molecule has 0 aromatic heterocycles. The summed E-state index contributed by atoms with van der Waals surface area (Å²) in [6, 6.07) is 6.38. The van der Waals surface area contributed by atoms with E-state index < -0.39 is 0 Å². The zero-order valence-electron chi connectivity index (χ0n) is 7.39. The van der Waals surface area contributed by atoms with Crippen molar-refractivity contribution in [3.8, 4) is 0 Å². The third kappa shape index (κ3) is 1.51. The second-order valence-electron chi connectivity index (χ2n) is 2.66. The molecule has 0 N–H and O–H groups in total. The van der Waals surface area contributed by atoms with Crippen LogP contribution in [0.5, 0.6) is 0 Å². The quantitative estimate of drug-likeness (QED) is 0.521. The van der Waals surface area contributed by atoms with Crippen LogP contribution in [-0.4, -0.2) is 0 Å².